The lowest BCUT2D eigenvalue weighted by molar-refractivity contribution is -0.182. The van der Waals surface area contributed by atoms with Gasteiger partial charge in [0.05, 0.1) is 13.2 Å². The number of nitrogens with zero attached hydrogens (tertiary/aromatic N) is 1. The highest BCUT2D eigenvalue weighted by molar-refractivity contribution is 4.60. The maximum Gasteiger partial charge on any atom is 0.158 e. The molecule has 3 nitrogen and oxygen atoms in total. The first kappa shape index (κ1) is 11.0. The Morgan fingerprint density at radius 1 is 1.31 bits per heavy atom. The molecular weight excluding hydrogens is 166 g/mol. The van der Waals surface area contributed by atoms with E-state index in [-0.39, 0.29) is 6.29 Å². The fourth-order valence-electron chi connectivity index (χ4n) is 1.27. The monoisotopic (exact) mass is 187 g/mol. The zero-order valence-electron chi connectivity index (χ0n) is 8.95. The zero-order chi connectivity index (χ0) is 9.68. The minimum absolute atomic E-state index is 0.0370. The summed E-state index contributed by atoms with van der Waals surface area (Å²) < 4.78 is 10.9. The average molecular weight is 187 g/mol. The molecule has 0 aromatic heterocycles. The fourth-order valence-corrected chi connectivity index (χ4v) is 1.27. The van der Waals surface area contributed by atoms with Crippen LogP contribution in [0.25, 0.3) is 0 Å². The lowest BCUT2D eigenvalue weighted by atomic mass is 10.3. The minimum atomic E-state index is 0.0370. The highest BCUT2D eigenvalue weighted by atomic mass is 16.7. The van der Waals surface area contributed by atoms with Crippen molar-refractivity contribution in [3.05, 3.63) is 0 Å². The third-order valence-corrected chi connectivity index (χ3v) is 2.50. The first-order chi connectivity index (χ1) is 6.20. The Labute approximate surface area is 81.0 Å². The van der Waals surface area contributed by atoms with Gasteiger partial charge in [0.2, 0.25) is 0 Å². The van der Waals surface area contributed by atoms with Gasteiger partial charge in [-0.25, -0.2) is 0 Å². The summed E-state index contributed by atoms with van der Waals surface area (Å²) >= 11 is 0. The maximum atomic E-state index is 5.46. The van der Waals surface area contributed by atoms with Gasteiger partial charge in [-0.15, -0.1) is 0 Å². The van der Waals surface area contributed by atoms with Crippen LogP contribution in [0.3, 0.4) is 0 Å². The molecular formula is C10H21NO2. The van der Waals surface area contributed by atoms with Crippen LogP contribution in [-0.4, -0.2) is 44.0 Å². The van der Waals surface area contributed by atoms with E-state index in [0.29, 0.717) is 6.04 Å². The Balaban J connectivity index is 2.10. The summed E-state index contributed by atoms with van der Waals surface area (Å²) in [5.74, 6) is 0. The second-order valence-electron chi connectivity index (χ2n) is 3.89. The molecule has 13 heavy (non-hydrogen) atoms. The predicted octanol–water partition coefficient (Wildman–Crippen LogP) is 1.48. The van der Waals surface area contributed by atoms with Gasteiger partial charge in [-0.1, -0.05) is 0 Å². The molecule has 0 spiro atoms. The van der Waals surface area contributed by atoms with Crippen LogP contribution in [0, 0.1) is 0 Å². The van der Waals surface area contributed by atoms with Crippen LogP contribution >= 0.6 is 0 Å². The third kappa shape index (κ3) is 4.07. The van der Waals surface area contributed by atoms with Gasteiger partial charge in [-0.2, -0.15) is 0 Å². The predicted molar refractivity (Wildman–Crippen MR) is 52.7 cm³/mol. The van der Waals surface area contributed by atoms with Crippen LogP contribution in [-0.2, 0) is 9.47 Å². The van der Waals surface area contributed by atoms with E-state index in [0.717, 1.165) is 32.6 Å². The van der Waals surface area contributed by atoms with E-state index in [4.69, 9.17) is 9.47 Å². The molecule has 1 heterocycles. The Morgan fingerprint density at radius 3 is 2.46 bits per heavy atom. The van der Waals surface area contributed by atoms with Crippen molar-refractivity contribution in [2.45, 2.75) is 39.0 Å². The van der Waals surface area contributed by atoms with E-state index < -0.39 is 0 Å². The number of hydrogen-bond acceptors (Lipinski definition) is 3. The molecule has 0 aromatic rings. The molecule has 1 rings (SSSR count). The summed E-state index contributed by atoms with van der Waals surface area (Å²) in [6.45, 7) is 7.15. The second kappa shape index (κ2) is 5.58. The summed E-state index contributed by atoms with van der Waals surface area (Å²) in [6.07, 6.45) is 2.06. The van der Waals surface area contributed by atoms with Crippen molar-refractivity contribution in [3.63, 3.8) is 0 Å². The summed E-state index contributed by atoms with van der Waals surface area (Å²) in [6, 6.07) is 0.601. The number of ether oxygens (including phenoxy) is 2. The lowest BCUT2D eigenvalue weighted by Gasteiger charge is -2.27. The summed E-state index contributed by atoms with van der Waals surface area (Å²) in [5, 5.41) is 0. The highest BCUT2D eigenvalue weighted by Crippen LogP contribution is 2.09. The number of hydrogen-bond donors (Lipinski definition) is 0. The average Bonchev–Trinajstić information content (AvgIpc) is 2.15. The first-order valence-electron chi connectivity index (χ1n) is 5.13. The van der Waals surface area contributed by atoms with Crippen molar-refractivity contribution < 1.29 is 9.47 Å². The van der Waals surface area contributed by atoms with Crippen molar-refractivity contribution in [2.75, 3.05) is 26.8 Å². The van der Waals surface area contributed by atoms with Crippen LogP contribution in [0.1, 0.15) is 26.7 Å². The van der Waals surface area contributed by atoms with Crippen LogP contribution in [0.2, 0.25) is 0 Å². The van der Waals surface area contributed by atoms with Gasteiger partial charge in [-0.05, 0) is 27.3 Å². The van der Waals surface area contributed by atoms with Crippen LogP contribution in [0.5, 0.6) is 0 Å². The van der Waals surface area contributed by atoms with Gasteiger partial charge in [0.15, 0.2) is 6.29 Å². The topological polar surface area (TPSA) is 21.7 Å². The van der Waals surface area contributed by atoms with Gasteiger partial charge in [0.25, 0.3) is 0 Å². The highest BCUT2D eigenvalue weighted by Gasteiger charge is 2.15. The van der Waals surface area contributed by atoms with Crippen molar-refractivity contribution in [2.24, 2.45) is 0 Å². The molecule has 0 amide bonds. The molecule has 0 radical (unpaired) electrons. The molecule has 1 saturated heterocycles. The Kier molecular flexibility index (Phi) is 4.70. The van der Waals surface area contributed by atoms with Crippen molar-refractivity contribution >= 4 is 0 Å². The van der Waals surface area contributed by atoms with E-state index in [2.05, 4.69) is 25.8 Å². The van der Waals surface area contributed by atoms with Crippen molar-refractivity contribution in [1.82, 2.24) is 4.90 Å². The standard InChI is InChI=1S/C10H21NO2/c1-9(2)11(3)6-5-10-12-7-4-8-13-10/h9-10H,4-8H2,1-3H3. The van der Waals surface area contributed by atoms with Gasteiger partial charge in [0.1, 0.15) is 0 Å². The van der Waals surface area contributed by atoms with Gasteiger partial charge in [0, 0.05) is 19.0 Å². The molecule has 0 unspecified atom stereocenters. The summed E-state index contributed by atoms with van der Waals surface area (Å²) in [7, 11) is 2.13. The maximum absolute atomic E-state index is 5.46. The van der Waals surface area contributed by atoms with E-state index in [1.54, 1.807) is 0 Å². The Bertz CT molecular complexity index is 133. The van der Waals surface area contributed by atoms with Crippen molar-refractivity contribution in [1.29, 1.82) is 0 Å². The van der Waals surface area contributed by atoms with Gasteiger partial charge < -0.3 is 14.4 Å². The van der Waals surface area contributed by atoms with Gasteiger partial charge >= 0.3 is 0 Å². The first-order valence-corrected chi connectivity index (χ1v) is 5.13. The molecule has 3 heteroatoms. The summed E-state index contributed by atoms with van der Waals surface area (Å²) in [4.78, 5) is 2.31. The van der Waals surface area contributed by atoms with Crippen LogP contribution in [0.4, 0.5) is 0 Å². The zero-order valence-corrected chi connectivity index (χ0v) is 8.95. The smallest absolute Gasteiger partial charge is 0.158 e. The minimum Gasteiger partial charge on any atom is -0.353 e. The largest absolute Gasteiger partial charge is 0.353 e. The lowest BCUT2D eigenvalue weighted by Crippen LogP contribution is -2.33. The fraction of sp³-hybridized carbons (Fsp3) is 1.00. The molecule has 1 aliphatic heterocycles. The van der Waals surface area contributed by atoms with E-state index in [9.17, 15) is 0 Å². The molecule has 1 aliphatic rings. The van der Waals surface area contributed by atoms with Crippen LogP contribution < -0.4 is 0 Å². The Morgan fingerprint density at radius 2 is 1.92 bits per heavy atom. The molecule has 0 bridgehead atoms. The quantitative estimate of drug-likeness (QED) is 0.665. The third-order valence-electron chi connectivity index (χ3n) is 2.50. The second-order valence-corrected chi connectivity index (χ2v) is 3.89. The SMILES string of the molecule is CC(C)N(C)CCC1OCCCO1. The van der Waals surface area contributed by atoms with E-state index in [1.807, 2.05) is 0 Å². The molecule has 78 valence electrons. The Hall–Kier alpha value is -0.120. The van der Waals surface area contributed by atoms with Crippen molar-refractivity contribution in [3.8, 4) is 0 Å². The molecule has 0 aromatic carbocycles. The molecule has 0 aliphatic carbocycles. The molecule has 1 fully saturated rings. The van der Waals surface area contributed by atoms with E-state index >= 15 is 0 Å². The normalized spacial score (nSPS) is 20.1. The molecule has 0 atom stereocenters. The molecule has 0 saturated carbocycles. The van der Waals surface area contributed by atoms with Gasteiger partial charge in [-0.3, -0.25) is 0 Å². The molecule has 0 N–H and O–H groups in total. The van der Waals surface area contributed by atoms with E-state index in [1.165, 1.54) is 0 Å². The number of rotatable bonds is 4. The summed E-state index contributed by atoms with van der Waals surface area (Å²) in [5.41, 5.74) is 0. The van der Waals surface area contributed by atoms with Crippen LogP contribution in [0.15, 0.2) is 0 Å².